The molecule has 0 spiro atoms. The third-order valence-corrected chi connectivity index (χ3v) is 5.43. The van der Waals surface area contributed by atoms with Crippen LogP contribution in [0.5, 0.6) is 17.2 Å². The van der Waals surface area contributed by atoms with Crippen LogP contribution in [-0.2, 0) is 14.4 Å². The van der Waals surface area contributed by atoms with Crippen LogP contribution in [0.1, 0.15) is 19.4 Å². The number of urea groups is 1. The van der Waals surface area contributed by atoms with Gasteiger partial charge in [-0.3, -0.25) is 14.9 Å². The number of anilines is 1. The van der Waals surface area contributed by atoms with Crippen molar-refractivity contribution in [1.29, 1.82) is 0 Å². The van der Waals surface area contributed by atoms with E-state index in [4.69, 9.17) is 30.9 Å². The Balaban J connectivity index is 2.02. The van der Waals surface area contributed by atoms with E-state index >= 15 is 0 Å². The maximum atomic E-state index is 13.3. The highest BCUT2D eigenvalue weighted by Gasteiger charge is 2.38. The molecule has 1 fully saturated rings. The molecule has 1 saturated heterocycles. The number of rotatable bonds is 9. The van der Waals surface area contributed by atoms with Gasteiger partial charge < -0.3 is 19.3 Å². The molecule has 0 unspecified atom stereocenters. The number of benzene rings is 2. The summed E-state index contributed by atoms with van der Waals surface area (Å²) in [5.41, 5.74) is 0.0943. The van der Waals surface area contributed by atoms with Gasteiger partial charge in [-0.25, -0.2) is 14.5 Å². The second-order valence-corrected chi connectivity index (χ2v) is 8.21. The molecule has 1 heterocycles. The van der Waals surface area contributed by atoms with Crippen LogP contribution in [0.25, 0.3) is 6.08 Å². The van der Waals surface area contributed by atoms with E-state index in [9.17, 15) is 19.2 Å². The van der Waals surface area contributed by atoms with Crippen molar-refractivity contribution in [2.24, 2.45) is 0 Å². The fraction of sp³-hybridized carbons (Fsp3) is 0.217. The zero-order valence-electron chi connectivity index (χ0n) is 18.6. The molecule has 0 atom stereocenters. The van der Waals surface area contributed by atoms with Crippen LogP contribution in [0.15, 0.2) is 40.4 Å². The smallest absolute Gasteiger partial charge is 0.341 e. The van der Waals surface area contributed by atoms with Crippen molar-refractivity contribution >= 4 is 63.1 Å². The molecule has 4 amide bonds. The van der Waals surface area contributed by atoms with E-state index < -0.39 is 30.4 Å². The summed E-state index contributed by atoms with van der Waals surface area (Å²) in [4.78, 5) is 50.1. The Morgan fingerprint density at radius 2 is 1.83 bits per heavy atom. The average molecular weight is 568 g/mol. The van der Waals surface area contributed by atoms with E-state index in [2.05, 4.69) is 21.2 Å². The van der Waals surface area contributed by atoms with Crippen molar-refractivity contribution in [3.63, 3.8) is 0 Å². The van der Waals surface area contributed by atoms with Crippen LogP contribution < -0.4 is 24.4 Å². The number of imide groups is 2. The van der Waals surface area contributed by atoms with Crippen LogP contribution in [-0.4, -0.2) is 48.7 Å². The number of amides is 4. The lowest BCUT2D eigenvalue weighted by Gasteiger charge is -2.28. The number of aliphatic carboxylic acids is 1. The fourth-order valence-electron chi connectivity index (χ4n) is 3.18. The minimum absolute atomic E-state index is 0.0483. The molecule has 184 valence electrons. The van der Waals surface area contributed by atoms with Gasteiger partial charge in [-0.05, 0) is 65.7 Å². The van der Waals surface area contributed by atoms with Crippen molar-refractivity contribution in [2.45, 2.75) is 13.8 Å². The van der Waals surface area contributed by atoms with Crippen molar-refractivity contribution in [2.75, 3.05) is 24.7 Å². The first-order valence-electron chi connectivity index (χ1n) is 10.3. The third-order valence-electron chi connectivity index (χ3n) is 4.56. The Morgan fingerprint density at radius 3 is 2.46 bits per heavy atom. The van der Waals surface area contributed by atoms with E-state index in [1.165, 1.54) is 24.3 Å². The molecule has 10 nitrogen and oxygen atoms in total. The van der Waals surface area contributed by atoms with Crippen LogP contribution >= 0.6 is 27.5 Å². The van der Waals surface area contributed by atoms with Gasteiger partial charge in [-0.2, -0.15) is 0 Å². The predicted molar refractivity (Wildman–Crippen MR) is 130 cm³/mol. The summed E-state index contributed by atoms with van der Waals surface area (Å²) >= 11 is 9.44. The van der Waals surface area contributed by atoms with E-state index in [-0.39, 0.29) is 34.4 Å². The number of nitrogens with zero attached hydrogens (tertiary/aromatic N) is 1. The highest BCUT2D eigenvalue weighted by Crippen LogP contribution is 2.37. The standard InChI is InChI=1S/C23H20BrClN2O8/c1-3-33-13-5-6-18(34-4-2)17(10-13)27-22(31)14(21(30)26-23(27)32)7-12-8-15(24)20(16(25)9-12)35-11-19(28)29/h5-10H,3-4,11H2,1-2H3,(H,28,29)(H,26,30,32)/b14-7+. The summed E-state index contributed by atoms with van der Waals surface area (Å²) in [6.07, 6.45) is 1.25. The predicted octanol–water partition coefficient (Wildman–Crippen LogP) is 4.03. The van der Waals surface area contributed by atoms with Gasteiger partial charge in [0, 0.05) is 6.07 Å². The number of ether oxygens (including phenoxy) is 3. The van der Waals surface area contributed by atoms with Gasteiger partial charge in [-0.15, -0.1) is 0 Å². The second kappa shape index (κ2) is 11.2. The summed E-state index contributed by atoms with van der Waals surface area (Å²) < 4.78 is 16.5. The molecule has 2 aromatic carbocycles. The first-order valence-corrected chi connectivity index (χ1v) is 11.5. The first-order chi connectivity index (χ1) is 16.7. The molecule has 0 bridgehead atoms. The highest BCUT2D eigenvalue weighted by molar-refractivity contribution is 9.10. The fourth-order valence-corrected chi connectivity index (χ4v) is 4.17. The average Bonchev–Trinajstić information content (AvgIpc) is 2.77. The molecule has 1 aliphatic rings. The van der Waals surface area contributed by atoms with Gasteiger partial charge in [0.25, 0.3) is 11.8 Å². The van der Waals surface area contributed by atoms with Crippen molar-refractivity contribution in [3.8, 4) is 17.2 Å². The largest absolute Gasteiger partial charge is 0.494 e. The lowest BCUT2D eigenvalue weighted by Crippen LogP contribution is -2.54. The Kier molecular flexibility index (Phi) is 8.36. The topological polar surface area (TPSA) is 131 Å². The first kappa shape index (κ1) is 26.0. The van der Waals surface area contributed by atoms with E-state index in [0.29, 0.717) is 22.4 Å². The summed E-state index contributed by atoms with van der Waals surface area (Å²) in [7, 11) is 0. The summed E-state index contributed by atoms with van der Waals surface area (Å²) in [6.45, 7) is 3.56. The number of carbonyl (C=O) groups excluding carboxylic acids is 3. The molecule has 0 saturated carbocycles. The molecule has 1 aliphatic heterocycles. The Labute approximate surface area is 213 Å². The number of halogens is 2. The van der Waals surface area contributed by atoms with Gasteiger partial charge in [-0.1, -0.05) is 11.6 Å². The minimum Gasteiger partial charge on any atom is -0.494 e. The molecule has 0 radical (unpaired) electrons. The normalized spacial score (nSPS) is 14.7. The van der Waals surface area contributed by atoms with Crippen molar-refractivity contribution < 1.29 is 38.5 Å². The van der Waals surface area contributed by atoms with Gasteiger partial charge in [0.1, 0.15) is 17.1 Å². The van der Waals surface area contributed by atoms with Gasteiger partial charge >= 0.3 is 12.0 Å². The molecular weight excluding hydrogens is 548 g/mol. The maximum Gasteiger partial charge on any atom is 0.341 e. The molecule has 0 aliphatic carbocycles. The lowest BCUT2D eigenvalue weighted by molar-refractivity contribution is -0.139. The van der Waals surface area contributed by atoms with Crippen LogP contribution in [0.3, 0.4) is 0 Å². The summed E-state index contributed by atoms with van der Waals surface area (Å²) in [6, 6.07) is 6.61. The Hall–Kier alpha value is -3.57. The number of carbonyl (C=O) groups is 4. The molecule has 0 aromatic heterocycles. The maximum absolute atomic E-state index is 13.3. The lowest BCUT2D eigenvalue weighted by atomic mass is 10.1. The van der Waals surface area contributed by atoms with E-state index in [0.717, 1.165) is 4.90 Å². The van der Waals surface area contributed by atoms with Crippen LogP contribution in [0.2, 0.25) is 5.02 Å². The van der Waals surface area contributed by atoms with Crippen LogP contribution in [0.4, 0.5) is 10.5 Å². The molecule has 2 N–H and O–H groups in total. The van der Waals surface area contributed by atoms with E-state index in [1.807, 2.05) is 0 Å². The number of hydrogen-bond acceptors (Lipinski definition) is 7. The zero-order chi connectivity index (χ0) is 25.7. The third kappa shape index (κ3) is 5.92. The van der Waals surface area contributed by atoms with Crippen LogP contribution in [0, 0.1) is 0 Å². The molecule has 3 rings (SSSR count). The monoisotopic (exact) mass is 566 g/mol. The molecule has 35 heavy (non-hydrogen) atoms. The Bertz CT molecular complexity index is 1210. The van der Waals surface area contributed by atoms with Gasteiger partial charge in [0.15, 0.2) is 12.4 Å². The number of nitrogens with one attached hydrogen (secondary N) is 1. The number of carboxylic acid groups (broad SMARTS) is 1. The summed E-state index contributed by atoms with van der Waals surface area (Å²) in [5.74, 6) is -2.23. The highest BCUT2D eigenvalue weighted by atomic mass is 79.9. The number of carboxylic acids is 1. The molecule has 2 aromatic rings. The second-order valence-electron chi connectivity index (χ2n) is 6.95. The Morgan fingerprint density at radius 1 is 1.11 bits per heavy atom. The van der Waals surface area contributed by atoms with Crippen molar-refractivity contribution in [1.82, 2.24) is 5.32 Å². The number of barbiturate groups is 1. The van der Waals surface area contributed by atoms with Gasteiger partial charge in [0.05, 0.1) is 28.4 Å². The quantitative estimate of drug-likeness (QED) is 0.343. The number of hydrogen-bond donors (Lipinski definition) is 2. The summed E-state index contributed by atoms with van der Waals surface area (Å²) in [5, 5.41) is 11.0. The van der Waals surface area contributed by atoms with Crippen molar-refractivity contribution in [3.05, 3.63) is 51.0 Å². The van der Waals surface area contributed by atoms with E-state index in [1.54, 1.807) is 26.0 Å². The molecule has 12 heteroatoms. The zero-order valence-corrected chi connectivity index (χ0v) is 20.9. The minimum atomic E-state index is -1.19. The van der Waals surface area contributed by atoms with Gasteiger partial charge in [0.2, 0.25) is 0 Å². The SMILES string of the molecule is CCOc1ccc(OCC)c(N2C(=O)NC(=O)/C(=C\c3cc(Cl)c(OCC(=O)O)c(Br)c3)C2=O)c1. The molecular formula is C23H20BrClN2O8.